The van der Waals surface area contributed by atoms with Crippen molar-refractivity contribution >= 4 is 22.6 Å². The Bertz CT molecular complexity index is 1340. The molecule has 0 aliphatic carbocycles. The summed E-state index contributed by atoms with van der Waals surface area (Å²) in [5.74, 6) is 0.255. The number of nitrogens with one attached hydrogen (secondary N) is 3. The van der Waals surface area contributed by atoms with Crippen LogP contribution < -0.4 is 15.4 Å². The first kappa shape index (κ1) is 22.8. The highest BCUT2D eigenvalue weighted by molar-refractivity contribution is 5.93. The second kappa shape index (κ2) is 9.01. The first-order valence-corrected chi connectivity index (χ1v) is 11.2. The quantitative estimate of drug-likeness (QED) is 0.360. The number of aromatic nitrogens is 3. The number of nitrogens with zero attached hydrogens (tertiary/aromatic N) is 2. The monoisotopic (exact) mass is 483 g/mol. The van der Waals surface area contributed by atoms with Crippen LogP contribution in [-0.4, -0.2) is 40.5 Å². The molecule has 2 aromatic heterocycles. The second-order valence-electron chi connectivity index (χ2n) is 8.49. The van der Waals surface area contributed by atoms with Crippen LogP contribution in [0.15, 0.2) is 60.8 Å². The van der Waals surface area contributed by atoms with Gasteiger partial charge in [-0.2, -0.15) is 18.3 Å². The number of amides is 1. The number of aromatic amines is 1. The summed E-state index contributed by atoms with van der Waals surface area (Å²) in [7, 11) is 1.53. The van der Waals surface area contributed by atoms with Crippen LogP contribution in [0, 0.1) is 0 Å². The smallest absolute Gasteiger partial charge is 0.410 e. The highest BCUT2D eigenvalue weighted by atomic mass is 19.4. The lowest BCUT2D eigenvalue weighted by molar-refractivity contribution is -0.173. The molecule has 2 aromatic carbocycles. The summed E-state index contributed by atoms with van der Waals surface area (Å²) >= 11 is 0. The normalized spacial score (nSPS) is 17.6. The van der Waals surface area contributed by atoms with E-state index in [9.17, 15) is 18.0 Å². The van der Waals surface area contributed by atoms with Crippen LogP contribution in [0.4, 0.5) is 19.0 Å². The van der Waals surface area contributed by atoms with Crippen LogP contribution in [0.1, 0.15) is 40.1 Å². The zero-order chi connectivity index (χ0) is 24.6. The molecule has 0 unspecified atom stereocenters. The first-order chi connectivity index (χ1) is 16.8. The molecule has 0 bridgehead atoms. The predicted octanol–water partition coefficient (Wildman–Crippen LogP) is 5.01. The molecular formula is C25H24F3N5O2. The molecule has 7 nitrogen and oxygen atoms in total. The predicted molar refractivity (Wildman–Crippen MR) is 126 cm³/mol. The molecule has 35 heavy (non-hydrogen) atoms. The van der Waals surface area contributed by atoms with Crippen molar-refractivity contribution < 1.29 is 22.7 Å². The van der Waals surface area contributed by atoms with Crippen molar-refractivity contribution in [3.05, 3.63) is 77.6 Å². The van der Waals surface area contributed by atoms with Gasteiger partial charge < -0.3 is 20.4 Å². The molecule has 0 fully saturated rings. The molecule has 1 amide bonds. The van der Waals surface area contributed by atoms with Crippen LogP contribution >= 0.6 is 0 Å². The van der Waals surface area contributed by atoms with Gasteiger partial charge in [-0.3, -0.25) is 4.79 Å². The minimum Gasteiger partial charge on any atom is -0.497 e. The van der Waals surface area contributed by atoms with Crippen molar-refractivity contribution in [1.29, 1.82) is 0 Å². The summed E-state index contributed by atoms with van der Waals surface area (Å²) in [6.45, 7) is 0.327. The molecule has 2 atom stereocenters. The summed E-state index contributed by atoms with van der Waals surface area (Å²) in [5, 5.41) is 11.0. The molecule has 0 radical (unpaired) electrons. The van der Waals surface area contributed by atoms with Crippen molar-refractivity contribution in [2.24, 2.45) is 0 Å². The van der Waals surface area contributed by atoms with Gasteiger partial charge in [-0.15, -0.1) is 0 Å². The van der Waals surface area contributed by atoms with E-state index in [0.717, 1.165) is 21.1 Å². The number of H-pyrrole nitrogens is 1. The third-order valence-corrected chi connectivity index (χ3v) is 6.30. The Hall–Kier alpha value is -3.95. The molecule has 0 saturated carbocycles. The van der Waals surface area contributed by atoms with Crippen LogP contribution in [0.3, 0.4) is 0 Å². The van der Waals surface area contributed by atoms with Crippen LogP contribution in [0.25, 0.3) is 10.9 Å². The number of alkyl halides is 3. The largest absolute Gasteiger partial charge is 0.497 e. The number of carbonyl (C=O) groups excluding carboxylic acids is 1. The van der Waals surface area contributed by atoms with Crippen LogP contribution in [-0.2, 0) is 6.42 Å². The van der Waals surface area contributed by atoms with E-state index in [2.05, 4.69) is 20.7 Å². The van der Waals surface area contributed by atoms with Gasteiger partial charge in [-0.05, 0) is 35.7 Å². The second-order valence-corrected chi connectivity index (χ2v) is 8.49. The zero-order valence-corrected chi connectivity index (χ0v) is 18.9. The number of ether oxygens (including phenoxy) is 1. The molecule has 1 aliphatic heterocycles. The molecule has 3 heterocycles. The standard InChI is InChI=1S/C25H24F3N5O2/c1-35-17-8-6-15(7-9-17)20-12-22(25(26,27)28)33-23(31-20)13-21(32-33)24(34)29-11-10-16-14-30-19-5-3-2-4-18(16)19/h2-9,13-14,20,22,30-31H,10-12H2,1H3,(H,29,34)/t20-,22+/m1/s1. The van der Waals surface area contributed by atoms with Gasteiger partial charge >= 0.3 is 6.18 Å². The molecular weight excluding hydrogens is 459 g/mol. The first-order valence-electron chi connectivity index (χ1n) is 11.2. The third-order valence-electron chi connectivity index (χ3n) is 6.30. The number of halogens is 3. The van der Waals surface area contributed by atoms with Gasteiger partial charge in [0.15, 0.2) is 11.7 Å². The number of rotatable bonds is 6. The molecule has 5 rings (SSSR count). The third kappa shape index (κ3) is 4.55. The van der Waals surface area contributed by atoms with E-state index in [1.807, 2.05) is 30.5 Å². The van der Waals surface area contributed by atoms with E-state index >= 15 is 0 Å². The van der Waals surface area contributed by atoms with E-state index in [1.165, 1.54) is 13.2 Å². The van der Waals surface area contributed by atoms with E-state index < -0.39 is 24.2 Å². The number of hydrogen-bond acceptors (Lipinski definition) is 4. The molecule has 3 N–H and O–H groups in total. The van der Waals surface area contributed by atoms with E-state index in [-0.39, 0.29) is 17.9 Å². The zero-order valence-electron chi connectivity index (χ0n) is 18.9. The highest BCUT2D eigenvalue weighted by Gasteiger charge is 2.46. The van der Waals surface area contributed by atoms with Gasteiger partial charge in [0.2, 0.25) is 0 Å². The molecule has 182 valence electrons. The SMILES string of the molecule is COc1ccc([C@H]2C[C@@H](C(F)(F)F)n3nc(C(=O)NCCc4c[nH]c5ccccc45)cc3N2)cc1. The molecule has 0 spiro atoms. The Morgan fingerprint density at radius 2 is 1.97 bits per heavy atom. The minimum absolute atomic E-state index is 0.0592. The Balaban J connectivity index is 1.31. The number of carbonyl (C=O) groups is 1. The van der Waals surface area contributed by atoms with Crippen molar-refractivity contribution in [2.45, 2.75) is 31.1 Å². The summed E-state index contributed by atoms with van der Waals surface area (Å²) in [4.78, 5) is 15.9. The maximum atomic E-state index is 13.9. The van der Waals surface area contributed by atoms with Gasteiger partial charge in [0.25, 0.3) is 5.91 Å². The average molecular weight is 483 g/mol. The molecule has 1 aliphatic rings. The average Bonchev–Trinajstić information content (AvgIpc) is 3.47. The number of para-hydroxylation sites is 1. The van der Waals surface area contributed by atoms with Gasteiger partial charge in [-0.25, -0.2) is 4.68 Å². The van der Waals surface area contributed by atoms with Gasteiger partial charge in [0, 0.05) is 36.1 Å². The molecule has 0 saturated heterocycles. The Kier molecular flexibility index (Phi) is 5.88. The lowest BCUT2D eigenvalue weighted by Crippen LogP contribution is -2.35. The molecule has 10 heteroatoms. The number of methoxy groups -OCH3 is 1. The minimum atomic E-state index is -4.52. The number of anilines is 1. The summed E-state index contributed by atoms with van der Waals surface area (Å²) in [5.41, 5.74) is 2.69. The lowest BCUT2D eigenvalue weighted by atomic mass is 9.97. The summed E-state index contributed by atoms with van der Waals surface area (Å²) in [6, 6.07) is 13.6. The topological polar surface area (TPSA) is 84.0 Å². The van der Waals surface area contributed by atoms with Crippen LogP contribution in [0.2, 0.25) is 0 Å². The maximum Gasteiger partial charge on any atom is 0.410 e. The Morgan fingerprint density at radius 1 is 1.20 bits per heavy atom. The fourth-order valence-electron chi connectivity index (χ4n) is 4.48. The maximum absolute atomic E-state index is 13.9. The molecule has 4 aromatic rings. The summed E-state index contributed by atoms with van der Waals surface area (Å²) in [6.07, 6.45) is -2.29. The van der Waals surface area contributed by atoms with E-state index in [4.69, 9.17) is 4.74 Å². The van der Waals surface area contributed by atoms with Gasteiger partial charge in [0.05, 0.1) is 13.2 Å². The number of benzene rings is 2. The lowest BCUT2D eigenvalue weighted by Gasteiger charge is -2.33. The van der Waals surface area contributed by atoms with Crippen molar-refractivity contribution in [3.8, 4) is 5.75 Å². The van der Waals surface area contributed by atoms with Gasteiger partial charge in [-0.1, -0.05) is 30.3 Å². The Labute approximate surface area is 199 Å². The Morgan fingerprint density at radius 3 is 2.71 bits per heavy atom. The van der Waals surface area contributed by atoms with Crippen molar-refractivity contribution in [1.82, 2.24) is 20.1 Å². The summed E-state index contributed by atoms with van der Waals surface area (Å²) < 4.78 is 47.7. The van der Waals surface area contributed by atoms with Crippen molar-refractivity contribution in [2.75, 3.05) is 19.0 Å². The van der Waals surface area contributed by atoms with E-state index in [0.29, 0.717) is 24.3 Å². The fraction of sp³-hybridized carbons (Fsp3) is 0.280. The van der Waals surface area contributed by atoms with E-state index in [1.54, 1.807) is 24.3 Å². The number of hydrogen-bond donors (Lipinski definition) is 3. The highest BCUT2D eigenvalue weighted by Crippen LogP contribution is 2.43. The number of fused-ring (bicyclic) bond motifs is 2. The fourth-order valence-corrected chi connectivity index (χ4v) is 4.48. The van der Waals surface area contributed by atoms with Crippen molar-refractivity contribution in [3.63, 3.8) is 0 Å². The van der Waals surface area contributed by atoms with Crippen LogP contribution in [0.5, 0.6) is 5.75 Å². The van der Waals surface area contributed by atoms with Gasteiger partial charge in [0.1, 0.15) is 11.6 Å².